The molecule has 0 aromatic heterocycles. The number of aliphatic hydroxyl groups is 1. The van der Waals surface area contributed by atoms with Crippen molar-refractivity contribution < 1.29 is 24.2 Å². The second-order valence-corrected chi connectivity index (χ2v) is 11.4. The maximum absolute atomic E-state index is 14.1. The Morgan fingerprint density at radius 3 is 2.45 bits per heavy atom. The Morgan fingerprint density at radius 2 is 1.91 bits per heavy atom. The molecule has 3 rings (SSSR count). The lowest BCUT2D eigenvalue weighted by molar-refractivity contribution is -0.151. The SMILES string of the molecule is C=CCN(C)C(=O)[C@H]1[C@@H]2OC3(CC2Br)C(C(=O)N(CC=C)C(C)(C)C)N(CCCO)C(=O)[C@H]13. The van der Waals surface area contributed by atoms with Crippen LogP contribution in [0.4, 0.5) is 0 Å². The van der Waals surface area contributed by atoms with E-state index in [1.165, 1.54) is 0 Å². The first-order valence-electron chi connectivity index (χ1n) is 11.5. The summed E-state index contributed by atoms with van der Waals surface area (Å²) < 4.78 is 6.50. The molecule has 3 aliphatic heterocycles. The second-order valence-electron chi connectivity index (χ2n) is 10.2. The van der Waals surface area contributed by atoms with Crippen LogP contribution in [0.15, 0.2) is 25.3 Å². The number of hydrogen-bond acceptors (Lipinski definition) is 5. The van der Waals surface area contributed by atoms with Gasteiger partial charge in [0.15, 0.2) is 0 Å². The van der Waals surface area contributed by atoms with Gasteiger partial charge in [-0.1, -0.05) is 28.1 Å². The summed E-state index contributed by atoms with van der Waals surface area (Å²) in [5.41, 5.74) is -1.60. The lowest BCUT2D eigenvalue weighted by atomic mass is 9.70. The summed E-state index contributed by atoms with van der Waals surface area (Å²) in [7, 11) is 1.68. The van der Waals surface area contributed by atoms with Gasteiger partial charge in [0.25, 0.3) is 0 Å². The third-order valence-electron chi connectivity index (χ3n) is 7.03. The molecule has 3 saturated heterocycles. The summed E-state index contributed by atoms with van der Waals surface area (Å²) in [6.07, 6.45) is 3.62. The van der Waals surface area contributed by atoms with Crippen LogP contribution >= 0.6 is 15.9 Å². The summed E-state index contributed by atoms with van der Waals surface area (Å²) in [6, 6.07) is -0.867. The smallest absolute Gasteiger partial charge is 0.249 e. The fraction of sp³-hybridized carbons (Fsp3) is 0.708. The number of halogens is 1. The zero-order valence-electron chi connectivity index (χ0n) is 20.0. The monoisotopic (exact) mass is 525 g/mol. The Morgan fingerprint density at radius 1 is 1.27 bits per heavy atom. The Balaban J connectivity index is 2.09. The number of rotatable bonds is 9. The average Bonchev–Trinajstić information content (AvgIpc) is 3.32. The van der Waals surface area contributed by atoms with Crippen LogP contribution in [0.1, 0.15) is 33.6 Å². The van der Waals surface area contributed by atoms with Gasteiger partial charge in [-0.25, -0.2) is 0 Å². The van der Waals surface area contributed by atoms with Crippen LogP contribution in [0, 0.1) is 11.8 Å². The summed E-state index contributed by atoms with van der Waals surface area (Å²) >= 11 is 3.67. The van der Waals surface area contributed by atoms with Crippen LogP contribution < -0.4 is 0 Å². The normalized spacial score (nSPS) is 32.6. The highest BCUT2D eigenvalue weighted by Crippen LogP contribution is 2.60. The van der Waals surface area contributed by atoms with Gasteiger partial charge in [-0.15, -0.1) is 13.2 Å². The summed E-state index contributed by atoms with van der Waals surface area (Å²) in [6.45, 7) is 14.1. The van der Waals surface area contributed by atoms with Crippen LogP contribution in [0.25, 0.3) is 0 Å². The molecule has 184 valence electrons. The van der Waals surface area contributed by atoms with Crippen molar-refractivity contribution in [1.82, 2.24) is 14.7 Å². The Kier molecular flexibility index (Phi) is 7.46. The number of carbonyl (C=O) groups excluding carboxylic acids is 3. The van der Waals surface area contributed by atoms with Gasteiger partial charge in [0.2, 0.25) is 17.7 Å². The van der Waals surface area contributed by atoms with Crippen LogP contribution in [-0.4, -0.2) is 98.9 Å². The molecule has 33 heavy (non-hydrogen) atoms. The number of nitrogens with zero attached hydrogens (tertiary/aromatic N) is 3. The number of carbonyl (C=O) groups is 3. The number of likely N-dealkylation sites (N-methyl/N-ethyl adjacent to an activating group) is 1. The maximum atomic E-state index is 14.1. The topological polar surface area (TPSA) is 90.4 Å². The van der Waals surface area contributed by atoms with Gasteiger partial charge < -0.3 is 24.5 Å². The van der Waals surface area contributed by atoms with Crippen molar-refractivity contribution in [3.8, 4) is 0 Å². The van der Waals surface area contributed by atoms with Crippen molar-refractivity contribution in [2.45, 2.75) is 61.7 Å². The number of likely N-dealkylation sites (tertiary alicyclic amines) is 1. The van der Waals surface area contributed by atoms with Crippen molar-refractivity contribution in [2.24, 2.45) is 11.8 Å². The molecule has 8 nitrogen and oxygen atoms in total. The molecule has 2 bridgehead atoms. The van der Waals surface area contributed by atoms with E-state index in [9.17, 15) is 19.5 Å². The van der Waals surface area contributed by atoms with Crippen molar-refractivity contribution in [2.75, 3.05) is 33.3 Å². The van der Waals surface area contributed by atoms with Gasteiger partial charge in [-0.2, -0.15) is 0 Å². The first-order valence-corrected chi connectivity index (χ1v) is 12.4. The number of alkyl halides is 1. The largest absolute Gasteiger partial charge is 0.396 e. The highest BCUT2D eigenvalue weighted by molar-refractivity contribution is 9.09. The van der Waals surface area contributed by atoms with E-state index in [4.69, 9.17) is 4.74 Å². The number of ether oxygens (including phenoxy) is 1. The van der Waals surface area contributed by atoms with E-state index < -0.39 is 35.1 Å². The van der Waals surface area contributed by atoms with Crippen LogP contribution in [0.3, 0.4) is 0 Å². The molecule has 1 N–H and O–H groups in total. The van der Waals surface area contributed by atoms with Crippen molar-refractivity contribution in [1.29, 1.82) is 0 Å². The molecule has 3 heterocycles. The van der Waals surface area contributed by atoms with Gasteiger partial charge in [0.05, 0.1) is 17.9 Å². The lowest BCUT2D eigenvalue weighted by Gasteiger charge is -2.42. The molecule has 0 saturated carbocycles. The molecule has 0 aromatic rings. The third-order valence-corrected chi connectivity index (χ3v) is 7.88. The fourth-order valence-corrected chi connectivity index (χ4v) is 6.62. The average molecular weight is 526 g/mol. The maximum Gasteiger partial charge on any atom is 0.249 e. The highest BCUT2D eigenvalue weighted by Gasteiger charge is 2.76. The number of hydrogen-bond donors (Lipinski definition) is 1. The molecule has 1 spiro atoms. The summed E-state index contributed by atoms with van der Waals surface area (Å²) in [4.78, 5) is 45.9. The van der Waals surface area contributed by atoms with E-state index in [2.05, 4.69) is 29.1 Å². The predicted molar refractivity (Wildman–Crippen MR) is 129 cm³/mol. The first kappa shape index (κ1) is 25.9. The molecule has 3 fully saturated rings. The van der Waals surface area contributed by atoms with E-state index in [-0.39, 0.29) is 35.7 Å². The van der Waals surface area contributed by atoms with Gasteiger partial charge in [-0.05, 0) is 33.6 Å². The zero-order chi connectivity index (χ0) is 24.7. The molecule has 6 atom stereocenters. The predicted octanol–water partition coefficient (Wildman–Crippen LogP) is 1.57. The Bertz CT molecular complexity index is 827. The van der Waals surface area contributed by atoms with Gasteiger partial charge in [-0.3, -0.25) is 14.4 Å². The molecule has 3 unspecified atom stereocenters. The Hall–Kier alpha value is -1.71. The van der Waals surface area contributed by atoms with E-state index >= 15 is 0 Å². The number of fused-ring (bicyclic) bond motifs is 1. The summed E-state index contributed by atoms with van der Waals surface area (Å²) in [5, 5.41) is 9.45. The van der Waals surface area contributed by atoms with E-state index in [0.29, 0.717) is 25.9 Å². The molecule has 3 amide bonds. The zero-order valence-corrected chi connectivity index (χ0v) is 21.6. The van der Waals surface area contributed by atoms with Crippen LogP contribution in [0.5, 0.6) is 0 Å². The minimum absolute atomic E-state index is 0.104. The van der Waals surface area contributed by atoms with Gasteiger partial charge in [0.1, 0.15) is 11.6 Å². The number of aliphatic hydroxyl groups excluding tert-OH is 1. The van der Waals surface area contributed by atoms with E-state index in [0.717, 1.165) is 0 Å². The van der Waals surface area contributed by atoms with Gasteiger partial charge >= 0.3 is 0 Å². The third kappa shape index (κ3) is 4.17. The molecule has 0 aliphatic carbocycles. The standard InChI is InChI=1S/C24H36BrN3O5/c1-7-10-26(6)20(30)16-17-21(31)27(12-9-13-29)19(24(17)14-15(25)18(16)33-24)22(32)28(11-8-2)23(3,4)5/h7-8,15-19,29H,1-2,9-14H2,3-6H3/t15?,16-,17+,18-,19?,24?/m1/s1. The van der Waals surface area contributed by atoms with Crippen molar-refractivity contribution in [3.63, 3.8) is 0 Å². The van der Waals surface area contributed by atoms with Gasteiger partial charge in [0, 0.05) is 43.7 Å². The summed E-state index contributed by atoms with van der Waals surface area (Å²) in [5.74, 6) is -2.07. The molecular weight excluding hydrogens is 490 g/mol. The van der Waals surface area contributed by atoms with Crippen molar-refractivity contribution in [3.05, 3.63) is 25.3 Å². The van der Waals surface area contributed by atoms with Crippen molar-refractivity contribution >= 4 is 33.7 Å². The first-order chi connectivity index (χ1) is 15.5. The number of amides is 3. The van der Waals surface area contributed by atoms with E-state index in [1.54, 1.807) is 33.9 Å². The molecule has 3 aliphatic rings. The molecule has 0 aromatic carbocycles. The fourth-order valence-electron chi connectivity index (χ4n) is 5.68. The molecular formula is C24H36BrN3O5. The minimum atomic E-state index is -1.09. The lowest BCUT2D eigenvalue weighted by Crippen LogP contribution is -2.60. The van der Waals surface area contributed by atoms with E-state index in [1.807, 2.05) is 20.8 Å². The quantitative estimate of drug-likeness (QED) is 0.364. The van der Waals surface area contributed by atoms with Crippen LogP contribution in [-0.2, 0) is 19.1 Å². The Labute approximate surface area is 204 Å². The second kappa shape index (κ2) is 9.50. The van der Waals surface area contributed by atoms with Crippen LogP contribution in [0.2, 0.25) is 0 Å². The molecule has 9 heteroatoms. The highest BCUT2D eigenvalue weighted by atomic mass is 79.9. The molecule has 0 radical (unpaired) electrons. The minimum Gasteiger partial charge on any atom is -0.396 e.